The maximum Gasteiger partial charge on any atom is 0.339 e. The normalized spacial score (nSPS) is 16.2. The van der Waals surface area contributed by atoms with Crippen molar-refractivity contribution in [3.05, 3.63) is 0 Å². The van der Waals surface area contributed by atoms with E-state index in [1.807, 2.05) is 0 Å². The molecule has 0 aliphatic heterocycles. The van der Waals surface area contributed by atoms with Crippen LogP contribution >= 0.6 is 23.2 Å². The highest BCUT2D eigenvalue weighted by molar-refractivity contribution is 6.52. The summed E-state index contributed by atoms with van der Waals surface area (Å²) in [6, 6.07) is 0. The fraction of sp³-hybridized carbons (Fsp3) is 0.833. The fourth-order valence-electron chi connectivity index (χ4n) is 0.333. The first kappa shape index (κ1) is 11.0. The third-order valence-electron chi connectivity index (χ3n) is 1.16. The molecule has 0 spiro atoms. The number of ether oxygens (including phenoxy) is 1. The van der Waals surface area contributed by atoms with Gasteiger partial charge < -0.3 is 9.84 Å². The van der Waals surface area contributed by atoms with Crippen LogP contribution in [0.1, 0.15) is 13.8 Å². The van der Waals surface area contributed by atoms with Gasteiger partial charge in [-0.15, -0.1) is 0 Å². The topological polar surface area (TPSA) is 46.5 Å². The second-order valence-corrected chi connectivity index (χ2v) is 3.28. The molecule has 2 atom stereocenters. The predicted octanol–water partition coefficient (Wildman–Crippen LogP) is 1.10. The number of carbonyl (C=O) groups is 1. The molecule has 3 nitrogen and oxygen atoms in total. The molecule has 5 heteroatoms. The Kier molecular flexibility index (Phi) is 4.81. The number of rotatable bonds is 3. The van der Waals surface area contributed by atoms with Gasteiger partial charge in [0.1, 0.15) is 6.10 Å². The van der Waals surface area contributed by atoms with Gasteiger partial charge in [-0.25, -0.2) is 4.79 Å². The smallest absolute Gasteiger partial charge is 0.339 e. The zero-order valence-corrected chi connectivity index (χ0v) is 7.76. The Morgan fingerprint density at radius 1 is 1.45 bits per heavy atom. The van der Waals surface area contributed by atoms with Crippen molar-refractivity contribution in [3.8, 4) is 0 Å². The van der Waals surface area contributed by atoms with Gasteiger partial charge in [-0.2, -0.15) is 0 Å². The first-order valence-electron chi connectivity index (χ1n) is 3.12. The number of esters is 1. The lowest BCUT2D eigenvalue weighted by Crippen LogP contribution is -2.28. The Morgan fingerprint density at radius 3 is 2.18 bits per heavy atom. The van der Waals surface area contributed by atoms with E-state index in [1.165, 1.54) is 6.92 Å². The van der Waals surface area contributed by atoms with Crippen LogP contribution in [-0.4, -0.2) is 28.1 Å². The summed E-state index contributed by atoms with van der Waals surface area (Å²) in [5.74, 6) is -0.735. The molecule has 0 aromatic heterocycles. The van der Waals surface area contributed by atoms with Crippen molar-refractivity contribution in [1.29, 1.82) is 0 Å². The van der Waals surface area contributed by atoms with Crippen LogP contribution in [0.25, 0.3) is 0 Å². The van der Waals surface area contributed by atoms with Crippen molar-refractivity contribution in [2.75, 3.05) is 0 Å². The van der Waals surface area contributed by atoms with E-state index in [0.717, 1.165) is 0 Å². The van der Waals surface area contributed by atoms with E-state index < -0.39 is 23.0 Å². The van der Waals surface area contributed by atoms with Crippen molar-refractivity contribution in [2.45, 2.75) is 30.9 Å². The molecule has 0 rings (SSSR count). The highest BCUT2D eigenvalue weighted by Gasteiger charge is 2.19. The van der Waals surface area contributed by atoms with Gasteiger partial charge in [0.25, 0.3) is 0 Å². The van der Waals surface area contributed by atoms with Crippen molar-refractivity contribution in [3.63, 3.8) is 0 Å². The minimum Gasteiger partial charge on any atom is -0.458 e. The number of hydrogen-bond acceptors (Lipinski definition) is 3. The van der Waals surface area contributed by atoms with Gasteiger partial charge in [0.05, 0.1) is 6.10 Å². The summed E-state index contributed by atoms with van der Waals surface area (Å²) in [6.45, 7) is 3.06. The van der Waals surface area contributed by atoms with E-state index in [4.69, 9.17) is 28.3 Å². The maximum atomic E-state index is 10.7. The molecule has 0 bridgehead atoms. The molecule has 0 fully saturated rings. The first-order valence-corrected chi connectivity index (χ1v) is 3.99. The van der Waals surface area contributed by atoms with Crippen molar-refractivity contribution < 1.29 is 14.6 Å². The molecule has 0 aliphatic rings. The highest BCUT2D eigenvalue weighted by atomic mass is 35.5. The Balaban J connectivity index is 3.76. The van der Waals surface area contributed by atoms with Gasteiger partial charge >= 0.3 is 5.97 Å². The average molecular weight is 201 g/mol. The minimum absolute atomic E-state index is 0.581. The van der Waals surface area contributed by atoms with E-state index in [1.54, 1.807) is 6.92 Å². The number of halogens is 2. The third-order valence-corrected chi connectivity index (χ3v) is 1.52. The van der Waals surface area contributed by atoms with Gasteiger partial charge in [0.2, 0.25) is 4.84 Å². The Labute approximate surface area is 75.2 Å². The second-order valence-electron chi connectivity index (χ2n) is 2.18. The fourth-order valence-corrected chi connectivity index (χ4v) is 0.436. The summed E-state index contributed by atoms with van der Waals surface area (Å²) in [7, 11) is 0. The summed E-state index contributed by atoms with van der Waals surface area (Å²) in [5.41, 5.74) is 0. The second kappa shape index (κ2) is 4.80. The van der Waals surface area contributed by atoms with Gasteiger partial charge in [0.15, 0.2) is 0 Å². The van der Waals surface area contributed by atoms with Gasteiger partial charge in [-0.3, -0.25) is 0 Å². The Hall–Kier alpha value is 0.01000. The van der Waals surface area contributed by atoms with Crippen LogP contribution in [0.4, 0.5) is 0 Å². The molecule has 0 heterocycles. The number of carbonyl (C=O) groups excluding carboxylic acids is 1. The molecule has 0 saturated heterocycles. The monoisotopic (exact) mass is 200 g/mol. The summed E-state index contributed by atoms with van der Waals surface area (Å²) in [5, 5.41) is 8.89. The zero-order chi connectivity index (χ0) is 9.02. The van der Waals surface area contributed by atoms with Crippen molar-refractivity contribution >= 4 is 29.2 Å². The SMILES string of the molecule is C[C@H](O)[C@@H](C)OC(=O)C(Cl)Cl. The summed E-state index contributed by atoms with van der Waals surface area (Å²) < 4.78 is 4.62. The van der Waals surface area contributed by atoms with E-state index >= 15 is 0 Å². The minimum atomic E-state index is -1.18. The molecule has 0 aliphatic carbocycles. The van der Waals surface area contributed by atoms with Gasteiger partial charge in [0, 0.05) is 0 Å². The molecule has 0 saturated carbocycles. The largest absolute Gasteiger partial charge is 0.458 e. The van der Waals surface area contributed by atoms with Crippen LogP contribution in [0.15, 0.2) is 0 Å². The van der Waals surface area contributed by atoms with Crippen LogP contribution in [-0.2, 0) is 9.53 Å². The molecule has 0 aromatic rings. The molecular formula is C6H10Cl2O3. The summed E-state index contributed by atoms with van der Waals surface area (Å²) >= 11 is 10.4. The van der Waals surface area contributed by atoms with Crippen LogP contribution in [0.5, 0.6) is 0 Å². The van der Waals surface area contributed by atoms with E-state index in [-0.39, 0.29) is 0 Å². The number of hydrogen-bond donors (Lipinski definition) is 1. The van der Waals surface area contributed by atoms with Gasteiger partial charge in [-0.05, 0) is 13.8 Å². The molecule has 66 valence electrons. The Morgan fingerprint density at radius 2 is 1.91 bits per heavy atom. The van der Waals surface area contributed by atoms with E-state index in [2.05, 4.69) is 4.74 Å². The molecule has 0 aromatic carbocycles. The van der Waals surface area contributed by atoms with Crippen LogP contribution in [0.2, 0.25) is 0 Å². The van der Waals surface area contributed by atoms with Crippen molar-refractivity contribution in [1.82, 2.24) is 0 Å². The lowest BCUT2D eigenvalue weighted by atomic mass is 10.3. The van der Waals surface area contributed by atoms with E-state index in [0.29, 0.717) is 0 Å². The molecular weight excluding hydrogens is 191 g/mol. The Bertz CT molecular complexity index is 136. The number of aliphatic hydroxyl groups excluding tert-OH is 1. The first-order chi connectivity index (χ1) is 4.95. The highest BCUT2D eigenvalue weighted by Crippen LogP contribution is 2.07. The quantitative estimate of drug-likeness (QED) is 0.549. The zero-order valence-electron chi connectivity index (χ0n) is 6.25. The van der Waals surface area contributed by atoms with E-state index in [9.17, 15) is 4.79 Å². The van der Waals surface area contributed by atoms with Crippen LogP contribution in [0, 0.1) is 0 Å². The molecule has 11 heavy (non-hydrogen) atoms. The standard InChI is InChI=1S/C6H10Cl2O3/c1-3(9)4(2)11-6(10)5(7)8/h3-5,9H,1-2H3/t3-,4+/m0/s1. The summed E-state index contributed by atoms with van der Waals surface area (Å²) in [6.07, 6.45) is -1.30. The molecule has 1 N–H and O–H groups in total. The third kappa shape index (κ3) is 4.45. The lowest BCUT2D eigenvalue weighted by molar-refractivity contribution is -0.150. The average Bonchev–Trinajstić information content (AvgIpc) is 1.87. The molecule has 0 radical (unpaired) electrons. The van der Waals surface area contributed by atoms with Crippen molar-refractivity contribution in [2.24, 2.45) is 0 Å². The van der Waals surface area contributed by atoms with Gasteiger partial charge in [-0.1, -0.05) is 23.2 Å². The maximum absolute atomic E-state index is 10.7. The number of alkyl halides is 2. The predicted molar refractivity (Wildman–Crippen MR) is 42.7 cm³/mol. The van der Waals surface area contributed by atoms with Crippen LogP contribution < -0.4 is 0 Å². The molecule has 0 unspecified atom stereocenters. The lowest BCUT2D eigenvalue weighted by Gasteiger charge is -2.15. The summed E-state index contributed by atoms with van der Waals surface area (Å²) in [4.78, 5) is 9.48. The molecule has 0 amide bonds. The van der Waals surface area contributed by atoms with Crippen LogP contribution in [0.3, 0.4) is 0 Å². The number of aliphatic hydroxyl groups is 1.